The number of halogens is 1. The van der Waals surface area contributed by atoms with Crippen LogP contribution in [0.2, 0.25) is 0 Å². The van der Waals surface area contributed by atoms with Gasteiger partial charge < -0.3 is 4.90 Å². The predicted molar refractivity (Wildman–Crippen MR) is 111 cm³/mol. The molecule has 2 heterocycles. The van der Waals surface area contributed by atoms with Crippen molar-refractivity contribution in [2.24, 2.45) is 0 Å². The Morgan fingerprint density at radius 3 is 2.71 bits per heavy atom. The van der Waals surface area contributed by atoms with Gasteiger partial charge in [0.15, 0.2) is 0 Å². The van der Waals surface area contributed by atoms with Gasteiger partial charge in [0.25, 0.3) is 5.56 Å². The second kappa shape index (κ2) is 8.87. The van der Waals surface area contributed by atoms with Crippen LogP contribution in [0, 0.1) is 0 Å². The molecular weight excluding hydrogens is 424 g/mol. The molecule has 0 bridgehead atoms. The normalized spacial score (nSPS) is 18.2. The number of carbonyl (C=O) groups is 1. The zero-order chi connectivity index (χ0) is 20.3. The minimum absolute atomic E-state index is 0.0905. The van der Waals surface area contributed by atoms with Crippen molar-refractivity contribution in [3.63, 3.8) is 0 Å². The highest BCUT2D eigenvalue weighted by atomic mass is 79.9. The molecular formula is C20H25BrN4O3. The van der Waals surface area contributed by atoms with E-state index in [1.54, 1.807) is 0 Å². The number of likely N-dealkylation sites (tertiary alicyclic amines) is 1. The fourth-order valence-corrected chi connectivity index (χ4v) is 4.14. The summed E-state index contributed by atoms with van der Waals surface area (Å²) in [5.41, 5.74) is 0.188. The summed E-state index contributed by atoms with van der Waals surface area (Å²) in [6.45, 7) is 6.36. The standard InChI is InChI=1S/C20H25BrN4O3/c1-3-25(18(26)13-24-12-17(21)19(27)22-20(24)28)16-9-10-23(11-16)14(2)15-7-5-4-6-8-15/h4-8,12,14,16H,3,9-11,13H2,1-2H3,(H,22,27,28). The van der Waals surface area contributed by atoms with Gasteiger partial charge in [0.2, 0.25) is 5.91 Å². The number of hydrogen-bond donors (Lipinski definition) is 1. The molecule has 0 aliphatic carbocycles. The summed E-state index contributed by atoms with van der Waals surface area (Å²) < 4.78 is 1.46. The monoisotopic (exact) mass is 448 g/mol. The summed E-state index contributed by atoms with van der Waals surface area (Å²) in [6, 6.07) is 10.8. The molecule has 2 unspecified atom stereocenters. The van der Waals surface area contributed by atoms with Crippen LogP contribution in [0.1, 0.15) is 31.9 Å². The van der Waals surface area contributed by atoms with Gasteiger partial charge in [-0.25, -0.2) is 4.79 Å². The number of carbonyl (C=O) groups excluding carboxylic acids is 1. The molecule has 3 rings (SSSR count). The van der Waals surface area contributed by atoms with Crippen molar-refractivity contribution in [3.05, 3.63) is 67.4 Å². The average molecular weight is 449 g/mol. The number of benzene rings is 1. The third-order valence-corrected chi connectivity index (χ3v) is 5.96. The lowest BCUT2D eigenvalue weighted by molar-refractivity contribution is -0.133. The van der Waals surface area contributed by atoms with Crippen LogP contribution in [-0.2, 0) is 11.3 Å². The molecule has 0 radical (unpaired) electrons. The molecule has 150 valence electrons. The maximum atomic E-state index is 12.9. The smallest absolute Gasteiger partial charge is 0.328 e. The molecule has 1 aromatic carbocycles. The van der Waals surface area contributed by atoms with Gasteiger partial charge in [-0.1, -0.05) is 30.3 Å². The zero-order valence-corrected chi connectivity index (χ0v) is 17.7. The number of hydrogen-bond acceptors (Lipinski definition) is 4. The van der Waals surface area contributed by atoms with Crippen LogP contribution in [0.3, 0.4) is 0 Å². The van der Waals surface area contributed by atoms with E-state index in [1.807, 2.05) is 30.0 Å². The summed E-state index contributed by atoms with van der Waals surface area (Å²) in [5, 5.41) is 0. The number of aromatic nitrogens is 2. The summed E-state index contributed by atoms with van der Waals surface area (Å²) in [6.07, 6.45) is 2.27. The Bertz CT molecular complexity index is 940. The highest BCUT2D eigenvalue weighted by molar-refractivity contribution is 9.10. The second-order valence-electron chi connectivity index (χ2n) is 7.07. The lowest BCUT2D eigenvalue weighted by Crippen LogP contribution is -2.45. The van der Waals surface area contributed by atoms with Gasteiger partial charge in [-0.2, -0.15) is 0 Å². The van der Waals surface area contributed by atoms with Gasteiger partial charge in [0.1, 0.15) is 6.54 Å². The highest BCUT2D eigenvalue weighted by Crippen LogP contribution is 2.26. The van der Waals surface area contributed by atoms with Crippen LogP contribution in [-0.4, -0.2) is 50.9 Å². The summed E-state index contributed by atoms with van der Waals surface area (Å²) in [7, 11) is 0. The first kappa shape index (κ1) is 20.5. The Balaban J connectivity index is 1.68. The number of aromatic amines is 1. The fourth-order valence-electron chi connectivity index (χ4n) is 3.79. The topological polar surface area (TPSA) is 78.4 Å². The van der Waals surface area contributed by atoms with Crippen molar-refractivity contribution in [2.45, 2.75) is 38.9 Å². The van der Waals surface area contributed by atoms with E-state index in [4.69, 9.17) is 0 Å². The van der Waals surface area contributed by atoms with Gasteiger partial charge in [-0.3, -0.25) is 24.0 Å². The Morgan fingerprint density at radius 1 is 1.32 bits per heavy atom. The molecule has 2 aromatic rings. The first-order valence-electron chi connectivity index (χ1n) is 9.48. The lowest BCUT2D eigenvalue weighted by Gasteiger charge is -2.30. The van der Waals surface area contributed by atoms with E-state index in [-0.39, 0.29) is 29.0 Å². The molecule has 28 heavy (non-hydrogen) atoms. The average Bonchev–Trinajstić information content (AvgIpc) is 3.16. The van der Waals surface area contributed by atoms with E-state index in [2.05, 4.69) is 44.9 Å². The molecule has 2 atom stereocenters. The SMILES string of the molecule is CCN(C(=O)Cn1cc(Br)c(=O)[nH]c1=O)C1CCN(C(C)c2ccccc2)C1. The number of likely N-dealkylation sites (N-methyl/N-ethyl adjacent to an activating group) is 1. The van der Waals surface area contributed by atoms with Crippen LogP contribution >= 0.6 is 15.9 Å². The maximum Gasteiger partial charge on any atom is 0.328 e. The number of amides is 1. The molecule has 1 aliphatic heterocycles. The maximum absolute atomic E-state index is 12.9. The third kappa shape index (κ3) is 4.44. The van der Waals surface area contributed by atoms with Crippen LogP contribution in [0.25, 0.3) is 0 Å². The Morgan fingerprint density at radius 2 is 2.04 bits per heavy atom. The van der Waals surface area contributed by atoms with E-state index in [1.165, 1.54) is 16.3 Å². The van der Waals surface area contributed by atoms with E-state index < -0.39 is 11.2 Å². The van der Waals surface area contributed by atoms with Crippen LogP contribution in [0.5, 0.6) is 0 Å². The van der Waals surface area contributed by atoms with E-state index >= 15 is 0 Å². The summed E-state index contributed by atoms with van der Waals surface area (Å²) in [4.78, 5) is 42.7. The van der Waals surface area contributed by atoms with Gasteiger partial charge in [0, 0.05) is 37.9 Å². The number of rotatable bonds is 6. The quantitative estimate of drug-likeness (QED) is 0.732. The molecule has 8 heteroatoms. The van der Waals surface area contributed by atoms with Crippen LogP contribution < -0.4 is 11.2 Å². The highest BCUT2D eigenvalue weighted by Gasteiger charge is 2.32. The van der Waals surface area contributed by atoms with Crippen LogP contribution in [0.15, 0.2) is 50.6 Å². The second-order valence-corrected chi connectivity index (χ2v) is 7.92. The van der Waals surface area contributed by atoms with Gasteiger partial charge in [0.05, 0.1) is 4.47 Å². The number of nitrogens with zero attached hydrogens (tertiary/aromatic N) is 3. The van der Waals surface area contributed by atoms with E-state index in [9.17, 15) is 14.4 Å². The van der Waals surface area contributed by atoms with E-state index in [0.717, 1.165) is 19.5 Å². The van der Waals surface area contributed by atoms with Crippen molar-refractivity contribution >= 4 is 21.8 Å². The van der Waals surface area contributed by atoms with Crippen molar-refractivity contribution in [2.75, 3.05) is 19.6 Å². The van der Waals surface area contributed by atoms with Crippen molar-refractivity contribution < 1.29 is 4.79 Å². The molecule has 1 amide bonds. The van der Waals surface area contributed by atoms with Crippen LogP contribution in [0.4, 0.5) is 0 Å². The van der Waals surface area contributed by atoms with Gasteiger partial charge >= 0.3 is 5.69 Å². The molecule has 1 N–H and O–H groups in total. The fraction of sp³-hybridized carbons (Fsp3) is 0.450. The Hall–Kier alpha value is -2.19. The Labute approximate surface area is 172 Å². The minimum Gasteiger partial charge on any atom is -0.337 e. The molecule has 1 saturated heterocycles. The molecule has 0 saturated carbocycles. The van der Waals surface area contributed by atoms with Gasteiger partial charge in [-0.15, -0.1) is 0 Å². The zero-order valence-electron chi connectivity index (χ0n) is 16.1. The molecule has 7 nitrogen and oxygen atoms in total. The lowest BCUT2D eigenvalue weighted by atomic mass is 10.1. The number of nitrogens with one attached hydrogen (secondary N) is 1. The first-order chi connectivity index (χ1) is 13.4. The third-order valence-electron chi connectivity index (χ3n) is 5.40. The van der Waals surface area contributed by atoms with Crippen molar-refractivity contribution in [1.29, 1.82) is 0 Å². The first-order valence-corrected chi connectivity index (χ1v) is 10.3. The minimum atomic E-state index is -0.580. The molecule has 1 aliphatic rings. The van der Waals surface area contributed by atoms with Crippen molar-refractivity contribution in [1.82, 2.24) is 19.4 Å². The number of H-pyrrole nitrogens is 1. The molecule has 0 spiro atoms. The van der Waals surface area contributed by atoms with Crippen molar-refractivity contribution in [3.8, 4) is 0 Å². The molecule has 1 fully saturated rings. The van der Waals surface area contributed by atoms with E-state index in [0.29, 0.717) is 6.54 Å². The molecule has 1 aromatic heterocycles. The van der Waals surface area contributed by atoms with Gasteiger partial charge in [-0.05, 0) is 41.8 Å². The largest absolute Gasteiger partial charge is 0.337 e. The summed E-state index contributed by atoms with van der Waals surface area (Å²) >= 11 is 3.10. The predicted octanol–water partition coefficient (Wildman–Crippen LogP) is 1.98. The summed E-state index contributed by atoms with van der Waals surface area (Å²) in [5.74, 6) is -0.122. The Kier molecular flexibility index (Phi) is 6.51.